The summed E-state index contributed by atoms with van der Waals surface area (Å²) < 4.78 is 26.4. The fraction of sp³-hybridized carbons (Fsp3) is 0.538. The van der Waals surface area contributed by atoms with Crippen LogP contribution in [0.5, 0.6) is 0 Å². The van der Waals surface area contributed by atoms with E-state index in [1.807, 2.05) is 31.2 Å². The molecule has 0 amide bonds. The number of halogens is 2. The molecule has 2 heteroatoms. The van der Waals surface area contributed by atoms with E-state index in [0.29, 0.717) is 6.42 Å². The summed E-state index contributed by atoms with van der Waals surface area (Å²) in [4.78, 5) is 0. The van der Waals surface area contributed by atoms with E-state index >= 15 is 0 Å². The minimum atomic E-state index is -2.45. The Morgan fingerprint density at radius 1 is 1.20 bits per heavy atom. The van der Waals surface area contributed by atoms with Crippen molar-refractivity contribution in [2.45, 2.75) is 44.4 Å². The number of aryl methyl sites for hydroxylation is 1. The maximum Gasteiger partial charge on any atom is 0.248 e. The van der Waals surface area contributed by atoms with E-state index in [0.717, 1.165) is 12.0 Å². The third-order valence-corrected chi connectivity index (χ3v) is 3.19. The summed E-state index contributed by atoms with van der Waals surface area (Å²) in [5.74, 6) is -2.40. The summed E-state index contributed by atoms with van der Waals surface area (Å²) in [6, 6.07) is 7.98. The van der Waals surface area contributed by atoms with Crippen LogP contribution in [0.4, 0.5) is 8.78 Å². The molecule has 1 aliphatic carbocycles. The monoisotopic (exact) mass is 210 g/mol. The van der Waals surface area contributed by atoms with E-state index in [9.17, 15) is 8.78 Å². The zero-order chi connectivity index (χ0) is 10.9. The van der Waals surface area contributed by atoms with Crippen LogP contribution < -0.4 is 0 Å². The molecule has 1 fully saturated rings. The van der Waals surface area contributed by atoms with Crippen LogP contribution in [-0.4, -0.2) is 5.92 Å². The van der Waals surface area contributed by atoms with Crippen LogP contribution in [0.1, 0.15) is 42.7 Å². The van der Waals surface area contributed by atoms with Crippen LogP contribution in [0.25, 0.3) is 0 Å². The van der Waals surface area contributed by atoms with Gasteiger partial charge in [-0.15, -0.1) is 0 Å². The number of hydrogen-bond acceptors (Lipinski definition) is 0. The van der Waals surface area contributed by atoms with E-state index in [2.05, 4.69) is 0 Å². The zero-order valence-corrected chi connectivity index (χ0v) is 8.97. The van der Waals surface area contributed by atoms with E-state index in [1.165, 1.54) is 5.56 Å². The maximum atomic E-state index is 13.2. The van der Waals surface area contributed by atoms with Gasteiger partial charge in [0.15, 0.2) is 0 Å². The van der Waals surface area contributed by atoms with E-state index in [-0.39, 0.29) is 18.8 Å². The van der Waals surface area contributed by atoms with Crippen molar-refractivity contribution < 1.29 is 8.78 Å². The quantitative estimate of drug-likeness (QED) is 0.648. The summed E-state index contributed by atoms with van der Waals surface area (Å²) in [5, 5.41) is 0. The van der Waals surface area contributed by atoms with Crippen LogP contribution in [-0.2, 0) is 0 Å². The lowest BCUT2D eigenvalue weighted by Crippen LogP contribution is -2.24. The zero-order valence-electron chi connectivity index (χ0n) is 8.97. The lowest BCUT2D eigenvalue weighted by Gasteiger charge is -2.29. The van der Waals surface area contributed by atoms with Crippen molar-refractivity contribution in [3.63, 3.8) is 0 Å². The summed E-state index contributed by atoms with van der Waals surface area (Å²) in [6.45, 7) is 2.01. The van der Waals surface area contributed by atoms with E-state index < -0.39 is 5.92 Å². The smallest absolute Gasteiger partial charge is 0.207 e. The molecule has 1 aliphatic rings. The second-order valence-electron chi connectivity index (χ2n) is 4.56. The molecule has 1 saturated carbocycles. The molecule has 1 atom stereocenters. The summed E-state index contributed by atoms with van der Waals surface area (Å²) >= 11 is 0. The highest BCUT2D eigenvalue weighted by Crippen LogP contribution is 2.41. The second-order valence-corrected chi connectivity index (χ2v) is 4.56. The van der Waals surface area contributed by atoms with Crippen molar-refractivity contribution in [2.24, 2.45) is 0 Å². The SMILES string of the molecule is Cc1ccc([C@H]2CCCC(F)(F)C2)cc1. The molecule has 2 rings (SSSR count). The Labute approximate surface area is 89.3 Å². The first kappa shape index (κ1) is 10.6. The first-order chi connectivity index (χ1) is 7.07. The van der Waals surface area contributed by atoms with Crippen LogP contribution in [0.3, 0.4) is 0 Å². The molecule has 0 radical (unpaired) electrons. The maximum absolute atomic E-state index is 13.2. The second kappa shape index (κ2) is 3.92. The average Bonchev–Trinajstić information content (AvgIpc) is 2.17. The molecule has 82 valence electrons. The first-order valence-electron chi connectivity index (χ1n) is 5.51. The van der Waals surface area contributed by atoms with Crippen molar-refractivity contribution in [3.05, 3.63) is 35.4 Å². The molecule has 0 heterocycles. The first-order valence-corrected chi connectivity index (χ1v) is 5.51. The van der Waals surface area contributed by atoms with Crippen LogP contribution in [0.15, 0.2) is 24.3 Å². The standard InChI is InChI=1S/C13H16F2/c1-10-4-6-11(7-5-10)12-3-2-8-13(14,15)9-12/h4-7,12H,2-3,8-9H2,1H3/t12-/m0/s1. The Balaban J connectivity index is 2.13. The van der Waals surface area contributed by atoms with Crippen molar-refractivity contribution in [3.8, 4) is 0 Å². The van der Waals surface area contributed by atoms with Crippen LogP contribution in [0.2, 0.25) is 0 Å². The van der Waals surface area contributed by atoms with Crippen LogP contribution >= 0.6 is 0 Å². The van der Waals surface area contributed by atoms with Gasteiger partial charge < -0.3 is 0 Å². The average molecular weight is 210 g/mol. The third-order valence-electron chi connectivity index (χ3n) is 3.19. The molecule has 0 bridgehead atoms. The molecular weight excluding hydrogens is 194 g/mol. The molecule has 15 heavy (non-hydrogen) atoms. The van der Waals surface area contributed by atoms with Gasteiger partial charge in [0.25, 0.3) is 0 Å². The van der Waals surface area contributed by atoms with Gasteiger partial charge in [-0.2, -0.15) is 0 Å². The topological polar surface area (TPSA) is 0 Å². The van der Waals surface area contributed by atoms with Gasteiger partial charge in [0, 0.05) is 12.8 Å². The number of rotatable bonds is 1. The van der Waals surface area contributed by atoms with Gasteiger partial charge in [-0.05, 0) is 31.2 Å². The van der Waals surface area contributed by atoms with Gasteiger partial charge in [-0.3, -0.25) is 0 Å². The normalized spacial score (nSPS) is 25.1. The van der Waals surface area contributed by atoms with Crippen molar-refractivity contribution in [2.75, 3.05) is 0 Å². The molecule has 1 aromatic carbocycles. The Morgan fingerprint density at radius 2 is 1.87 bits per heavy atom. The third kappa shape index (κ3) is 2.55. The van der Waals surface area contributed by atoms with Crippen LogP contribution in [0, 0.1) is 6.92 Å². The fourth-order valence-electron chi connectivity index (χ4n) is 2.29. The molecule has 0 spiro atoms. The van der Waals surface area contributed by atoms with Crippen molar-refractivity contribution >= 4 is 0 Å². The molecule has 1 aromatic rings. The highest BCUT2D eigenvalue weighted by Gasteiger charge is 2.36. The highest BCUT2D eigenvalue weighted by molar-refractivity contribution is 5.25. The summed E-state index contributed by atoms with van der Waals surface area (Å²) in [6.07, 6.45) is 1.63. The minimum absolute atomic E-state index is 0.0239. The highest BCUT2D eigenvalue weighted by atomic mass is 19.3. The molecule has 0 unspecified atom stereocenters. The minimum Gasteiger partial charge on any atom is -0.207 e. The fourth-order valence-corrected chi connectivity index (χ4v) is 2.29. The van der Waals surface area contributed by atoms with Gasteiger partial charge >= 0.3 is 0 Å². The summed E-state index contributed by atoms with van der Waals surface area (Å²) in [5.41, 5.74) is 2.25. The van der Waals surface area contributed by atoms with Gasteiger partial charge in [0.05, 0.1) is 0 Å². The van der Waals surface area contributed by atoms with Gasteiger partial charge in [0.2, 0.25) is 5.92 Å². The van der Waals surface area contributed by atoms with Gasteiger partial charge in [-0.1, -0.05) is 29.8 Å². The lowest BCUT2D eigenvalue weighted by atomic mass is 9.82. The Hall–Kier alpha value is -0.920. The Kier molecular flexibility index (Phi) is 2.76. The lowest BCUT2D eigenvalue weighted by molar-refractivity contribution is -0.0408. The van der Waals surface area contributed by atoms with Gasteiger partial charge in [0.1, 0.15) is 0 Å². The largest absolute Gasteiger partial charge is 0.248 e. The van der Waals surface area contributed by atoms with Crippen molar-refractivity contribution in [1.29, 1.82) is 0 Å². The Bertz CT molecular complexity index is 327. The number of alkyl halides is 2. The van der Waals surface area contributed by atoms with Crippen molar-refractivity contribution in [1.82, 2.24) is 0 Å². The number of hydrogen-bond donors (Lipinski definition) is 0. The van der Waals surface area contributed by atoms with E-state index in [1.54, 1.807) is 0 Å². The number of benzene rings is 1. The molecular formula is C13H16F2. The molecule has 0 saturated heterocycles. The predicted molar refractivity (Wildman–Crippen MR) is 57.3 cm³/mol. The predicted octanol–water partition coefficient (Wildman–Crippen LogP) is 4.29. The molecule has 0 aromatic heterocycles. The Morgan fingerprint density at radius 3 is 2.47 bits per heavy atom. The van der Waals surface area contributed by atoms with Gasteiger partial charge in [-0.25, -0.2) is 8.78 Å². The summed E-state index contributed by atoms with van der Waals surface area (Å²) in [7, 11) is 0. The molecule has 0 aliphatic heterocycles. The molecule has 0 N–H and O–H groups in total. The molecule has 0 nitrogen and oxygen atoms in total. The van der Waals surface area contributed by atoms with E-state index in [4.69, 9.17) is 0 Å².